The van der Waals surface area contributed by atoms with E-state index >= 15 is 0 Å². The zero-order valence-corrected chi connectivity index (χ0v) is 20.0. The van der Waals surface area contributed by atoms with Crippen molar-refractivity contribution < 1.29 is 14.3 Å². The molecule has 2 fully saturated rings. The van der Waals surface area contributed by atoms with Crippen molar-refractivity contribution in [1.29, 1.82) is 0 Å². The number of rotatable bonds is 7. The summed E-state index contributed by atoms with van der Waals surface area (Å²) in [5.41, 5.74) is 4.42. The molecule has 1 aromatic carbocycles. The van der Waals surface area contributed by atoms with Crippen LogP contribution in [0.3, 0.4) is 0 Å². The van der Waals surface area contributed by atoms with Gasteiger partial charge in [0.1, 0.15) is 0 Å². The van der Waals surface area contributed by atoms with Gasteiger partial charge in [-0.2, -0.15) is 5.10 Å². The topological polar surface area (TPSA) is 68.6 Å². The quantitative estimate of drug-likeness (QED) is 0.639. The average Bonchev–Trinajstić information content (AvgIpc) is 3.26. The van der Waals surface area contributed by atoms with E-state index in [-0.39, 0.29) is 11.3 Å². The second-order valence-electron chi connectivity index (χ2n) is 9.73. The van der Waals surface area contributed by atoms with E-state index in [1.54, 1.807) is 0 Å². The summed E-state index contributed by atoms with van der Waals surface area (Å²) >= 11 is 0. The molecular weight excluding hydrogens is 428 g/mol. The van der Waals surface area contributed by atoms with Gasteiger partial charge in [0.2, 0.25) is 0 Å². The molecule has 5 rings (SSSR count). The van der Waals surface area contributed by atoms with Gasteiger partial charge in [-0.25, -0.2) is 0 Å². The van der Waals surface area contributed by atoms with Gasteiger partial charge in [-0.1, -0.05) is 36.4 Å². The van der Waals surface area contributed by atoms with Crippen LogP contribution in [0.15, 0.2) is 43.0 Å². The molecule has 1 N–H and O–H groups in total. The first-order chi connectivity index (χ1) is 16.7. The molecular formula is C27H36N4O3. The maximum absolute atomic E-state index is 13.4. The average molecular weight is 465 g/mol. The van der Waals surface area contributed by atoms with Crippen LogP contribution in [-0.4, -0.2) is 72.7 Å². The van der Waals surface area contributed by atoms with Gasteiger partial charge in [-0.3, -0.25) is 9.48 Å². The maximum atomic E-state index is 13.4. The first-order valence-corrected chi connectivity index (χ1v) is 12.6. The molecule has 3 heterocycles. The van der Waals surface area contributed by atoms with Crippen LogP contribution >= 0.6 is 0 Å². The summed E-state index contributed by atoms with van der Waals surface area (Å²) in [5, 5.41) is 8.67. The van der Waals surface area contributed by atoms with Crippen molar-refractivity contribution in [1.82, 2.24) is 20.0 Å². The van der Waals surface area contributed by atoms with Gasteiger partial charge >= 0.3 is 0 Å². The number of morpholine rings is 1. The Kier molecular flexibility index (Phi) is 7.13. The zero-order valence-electron chi connectivity index (χ0n) is 20.0. The largest absolute Gasteiger partial charge is 0.381 e. The number of aromatic nitrogens is 2. The van der Waals surface area contributed by atoms with Crippen LogP contribution in [0.4, 0.5) is 0 Å². The summed E-state index contributed by atoms with van der Waals surface area (Å²) in [4.78, 5) is 15.3. The number of carbonyl (C=O) groups excluding carboxylic acids is 1. The third-order valence-electron chi connectivity index (χ3n) is 7.71. The van der Waals surface area contributed by atoms with Crippen LogP contribution in [-0.2, 0) is 34.3 Å². The fourth-order valence-electron chi connectivity index (χ4n) is 5.68. The van der Waals surface area contributed by atoms with Crippen LogP contribution in [0.25, 0.3) is 0 Å². The van der Waals surface area contributed by atoms with E-state index in [0.29, 0.717) is 44.6 Å². The second kappa shape index (κ2) is 10.4. The van der Waals surface area contributed by atoms with Gasteiger partial charge in [-0.15, -0.1) is 6.58 Å². The fraction of sp³-hybridized carbons (Fsp3) is 0.556. The minimum absolute atomic E-state index is 0.0354. The van der Waals surface area contributed by atoms with E-state index in [0.717, 1.165) is 57.4 Å². The van der Waals surface area contributed by atoms with Gasteiger partial charge < -0.3 is 19.7 Å². The van der Waals surface area contributed by atoms with Crippen molar-refractivity contribution in [2.45, 2.75) is 50.1 Å². The number of hydrogen-bond acceptors (Lipinski definition) is 5. The summed E-state index contributed by atoms with van der Waals surface area (Å²) < 4.78 is 13.1. The number of benzene rings is 1. The van der Waals surface area contributed by atoms with Crippen LogP contribution < -0.4 is 5.32 Å². The first kappa shape index (κ1) is 23.3. The van der Waals surface area contributed by atoms with Crippen molar-refractivity contribution in [3.63, 3.8) is 0 Å². The van der Waals surface area contributed by atoms with Crippen LogP contribution in [0.2, 0.25) is 0 Å². The fourth-order valence-corrected chi connectivity index (χ4v) is 5.68. The molecule has 2 aromatic rings. The Morgan fingerprint density at radius 2 is 1.88 bits per heavy atom. The van der Waals surface area contributed by atoms with Gasteiger partial charge in [0.25, 0.3) is 5.91 Å². The molecule has 0 radical (unpaired) electrons. The lowest BCUT2D eigenvalue weighted by atomic mass is 9.73. The molecule has 0 bridgehead atoms. The molecule has 2 saturated heterocycles. The monoisotopic (exact) mass is 464 g/mol. The molecule has 1 aliphatic carbocycles. The van der Waals surface area contributed by atoms with Crippen molar-refractivity contribution >= 4 is 5.91 Å². The predicted molar refractivity (Wildman–Crippen MR) is 131 cm³/mol. The highest BCUT2D eigenvalue weighted by atomic mass is 16.5. The summed E-state index contributed by atoms with van der Waals surface area (Å²) in [5.74, 6) is 0.0354. The van der Waals surface area contributed by atoms with Crippen molar-refractivity contribution in [3.05, 3.63) is 65.5 Å². The number of nitrogens with zero attached hydrogens (tertiary/aromatic N) is 3. The van der Waals surface area contributed by atoms with Crippen LogP contribution in [0.5, 0.6) is 0 Å². The van der Waals surface area contributed by atoms with Crippen LogP contribution in [0, 0.1) is 0 Å². The van der Waals surface area contributed by atoms with Crippen LogP contribution in [0.1, 0.15) is 46.6 Å². The smallest absolute Gasteiger partial charge is 0.274 e. The predicted octanol–water partition coefficient (Wildman–Crippen LogP) is 2.74. The number of allylic oxidation sites excluding steroid dienone is 1. The third-order valence-corrected chi connectivity index (χ3v) is 7.71. The van der Waals surface area contributed by atoms with Crippen molar-refractivity contribution in [2.75, 3.05) is 46.1 Å². The number of carbonyl (C=O) groups is 1. The molecule has 34 heavy (non-hydrogen) atoms. The zero-order chi connectivity index (χ0) is 23.4. The van der Waals surface area contributed by atoms with Gasteiger partial charge in [0.15, 0.2) is 5.69 Å². The molecule has 1 unspecified atom stereocenters. The SMILES string of the molecule is C=CCn1nc(C(=O)N2CCOCC2)c2c1CCC(NCC1(c3ccccc3)CCOCC1)C2. The van der Waals surface area contributed by atoms with Gasteiger partial charge in [-0.05, 0) is 37.7 Å². The highest BCUT2D eigenvalue weighted by Gasteiger charge is 2.36. The standard InChI is InChI=1S/C27H36N4O3/c1-2-12-31-24-9-8-22(19-23(24)25(29-31)26(32)30-13-17-34-18-14-30)28-20-27(10-15-33-16-11-27)21-6-4-3-5-7-21/h2-7,22,28H,1,8-20H2. The van der Waals surface area contributed by atoms with Gasteiger partial charge in [0, 0.05) is 55.6 Å². The Balaban J connectivity index is 1.34. The summed E-state index contributed by atoms with van der Waals surface area (Å²) in [6, 6.07) is 11.2. The summed E-state index contributed by atoms with van der Waals surface area (Å²) in [6.07, 6.45) is 6.71. The van der Waals surface area contributed by atoms with E-state index in [9.17, 15) is 4.79 Å². The minimum atomic E-state index is 0.0354. The normalized spacial score (nSPS) is 22.2. The number of ether oxygens (including phenoxy) is 2. The molecule has 1 amide bonds. The Hall–Kier alpha value is -2.48. The molecule has 7 nitrogen and oxygen atoms in total. The summed E-state index contributed by atoms with van der Waals surface area (Å²) in [7, 11) is 0. The minimum Gasteiger partial charge on any atom is -0.381 e. The third kappa shape index (κ3) is 4.69. The molecule has 1 atom stereocenters. The van der Waals surface area contributed by atoms with E-state index in [2.05, 4.69) is 42.2 Å². The molecule has 0 saturated carbocycles. The lowest BCUT2D eigenvalue weighted by molar-refractivity contribution is 0.0297. The number of amides is 1. The van der Waals surface area contributed by atoms with E-state index in [1.165, 1.54) is 11.3 Å². The maximum Gasteiger partial charge on any atom is 0.274 e. The Labute approximate surface area is 202 Å². The molecule has 0 spiro atoms. The highest BCUT2D eigenvalue weighted by molar-refractivity contribution is 5.94. The number of fused-ring (bicyclic) bond motifs is 1. The lowest BCUT2D eigenvalue weighted by Gasteiger charge is -2.39. The molecule has 182 valence electrons. The number of hydrogen-bond donors (Lipinski definition) is 1. The molecule has 7 heteroatoms. The van der Waals surface area contributed by atoms with Crippen molar-refractivity contribution in [3.8, 4) is 0 Å². The number of nitrogens with one attached hydrogen (secondary N) is 1. The second-order valence-corrected chi connectivity index (χ2v) is 9.73. The molecule has 3 aliphatic rings. The van der Waals surface area contributed by atoms with Crippen molar-refractivity contribution in [2.24, 2.45) is 0 Å². The molecule has 1 aromatic heterocycles. The summed E-state index contributed by atoms with van der Waals surface area (Å²) in [6.45, 7) is 9.50. The highest BCUT2D eigenvalue weighted by Crippen LogP contribution is 2.35. The van der Waals surface area contributed by atoms with E-state index < -0.39 is 0 Å². The first-order valence-electron chi connectivity index (χ1n) is 12.6. The Morgan fingerprint density at radius 3 is 2.62 bits per heavy atom. The molecule has 2 aliphatic heterocycles. The lowest BCUT2D eigenvalue weighted by Crippen LogP contribution is -2.47. The Morgan fingerprint density at radius 1 is 1.15 bits per heavy atom. The van der Waals surface area contributed by atoms with E-state index in [1.807, 2.05) is 15.7 Å². The van der Waals surface area contributed by atoms with E-state index in [4.69, 9.17) is 14.6 Å². The van der Waals surface area contributed by atoms with Gasteiger partial charge in [0.05, 0.1) is 19.8 Å². The Bertz CT molecular complexity index is 991.